The van der Waals surface area contributed by atoms with Gasteiger partial charge in [-0.3, -0.25) is 0 Å². The van der Waals surface area contributed by atoms with E-state index in [2.05, 4.69) is 12.2 Å². The third-order valence-corrected chi connectivity index (χ3v) is 5.74. The van der Waals surface area contributed by atoms with Gasteiger partial charge in [-0.1, -0.05) is 6.92 Å². The second-order valence-electron chi connectivity index (χ2n) is 5.61. The Labute approximate surface area is 127 Å². The first-order valence-corrected chi connectivity index (χ1v) is 8.74. The Morgan fingerprint density at radius 1 is 1.43 bits per heavy atom. The summed E-state index contributed by atoms with van der Waals surface area (Å²) in [5.41, 5.74) is 0.853. The quantitative estimate of drug-likeness (QED) is 0.901. The van der Waals surface area contributed by atoms with Crippen LogP contribution in [0.25, 0.3) is 0 Å². The largest absolute Gasteiger partial charge is 0.496 e. The van der Waals surface area contributed by atoms with Crippen LogP contribution < -0.4 is 10.1 Å². The van der Waals surface area contributed by atoms with Crippen molar-refractivity contribution >= 4 is 10.0 Å². The number of benzene rings is 1. The Morgan fingerprint density at radius 3 is 2.81 bits per heavy atom. The first-order chi connectivity index (χ1) is 9.98. The van der Waals surface area contributed by atoms with Gasteiger partial charge >= 0.3 is 0 Å². The molecule has 5 nitrogen and oxygen atoms in total. The number of nitrogens with zero attached hydrogens (tertiary/aromatic N) is 1. The Morgan fingerprint density at radius 2 is 2.19 bits per heavy atom. The highest BCUT2D eigenvalue weighted by molar-refractivity contribution is 7.89. The van der Waals surface area contributed by atoms with Gasteiger partial charge in [-0.25, -0.2) is 8.42 Å². The van der Waals surface area contributed by atoms with Gasteiger partial charge in [-0.15, -0.1) is 0 Å². The summed E-state index contributed by atoms with van der Waals surface area (Å²) in [5, 5.41) is 3.04. The molecule has 0 aromatic heterocycles. The molecule has 1 aromatic carbocycles. The van der Waals surface area contributed by atoms with Crippen LogP contribution >= 0.6 is 0 Å². The number of piperidine rings is 1. The fourth-order valence-electron chi connectivity index (χ4n) is 2.76. The lowest BCUT2D eigenvalue weighted by atomic mass is 10.0. The van der Waals surface area contributed by atoms with Gasteiger partial charge in [0.25, 0.3) is 0 Å². The van der Waals surface area contributed by atoms with Crippen molar-refractivity contribution in [1.82, 2.24) is 9.62 Å². The summed E-state index contributed by atoms with van der Waals surface area (Å²) < 4.78 is 32.4. The lowest BCUT2D eigenvalue weighted by molar-refractivity contribution is 0.281. The normalized spacial score (nSPS) is 20.4. The maximum absolute atomic E-state index is 12.8. The summed E-state index contributed by atoms with van der Waals surface area (Å²) in [6.07, 6.45) is 2.03. The molecule has 0 bridgehead atoms. The van der Waals surface area contributed by atoms with Crippen LogP contribution in [-0.2, 0) is 16.6 Å². The molecule has 0 radical (unpaired) electrons. The summed E-state index contributed by atoms with van der Waals surface area (Å²) in [4.78, 5) is 0.350. The molecule has 1 fully saturated rings. The summed E-state index contributed by atoms with van der Waals surface area (Å²) in [6, 6.07) is 5.07. The van der Waals surface area contributed by atoms with Gasteiger partial charge in [0.1, 0.15) is 5.75 Å². The zero-order chi connectivity index (χ0) is 15.5. The van der Waals surface area contributed by atoms with Gasteiger partial charge < -0.3 is 10.1 Å². The Hall–Kier alpha value is -1.11. The summed E-state index contributed by atoms with van der Waals surface area (Å²) in [5.74, 6) is 1.12. The van der Waals surface area contributed by atoms with Gasteiger partial charge in [0.15, 0.2) is 0 Å². The Bertz CT molecular complexity index is 587. The molecule has 1 saturated heterocycles. The van der Waals surface area contributed by atoms with Crippen LogP contribution in [0.4, 0.5) is 0 Å². The number of methoxy groups -OCH3 is 1. The summed E-state index contributed by atoms with van der Waals surface area (Å²) in [6.45, 7) is 3.89. The van der Waals surface area contributed by atoms with Crippen molar-refractivity contribution in [3.8, 4) is 5.75 Å². The van der Waals surface area contributed by atoms with Crippen LogP contribution in [-0.4, -0.2) is 40.0 Å². The monoisotopic (exact) mass is 312 g/mol. The van der Waals surface area contributed by atoms with E-state index in [4.69, 9.17) is 4.74 Å². The van der Waals surface area contributed by atoms with Gasteiger partial charge in [-0.05, 0) is 44.0 Å². The van der Waals surface area contributed by atoms with E-state index in [9.17, 15) is 8.42 Å². The highest BCUT2D eigenvalue weighted by Gasteiger charge is 2.29. The average molecular weight is 312 g/mol. The summed E-state index contributed by atoms with van der Waals surface area (Å²) >= 11 is 0. The van der Waals surface area contributed by atoms with Crippen molar-refractivity contribution in [3.63, 3.8) is 0 Å². The lowest BCUT2D eigenvalue weighted by Gasteiger charge is -2.30. The van der Waals surface area contributed by atoms with Crippen molar-refractivity contribution in [2.24, 2.45) is 5.92 Å². The van der Waals surface area contributed by atoms with Crippen LogP contribution in [0, 0.1) is 5.92 Å². The van der Waals surface area contributed by atoms with E-state index >= 15 is 0 Å². The second kappa shape index (κ2) is 6.77. The molecule has 2 rings (SSSR count). The van der Waals surface area contributed by atoms with Gasteiger partial charge in [0.2, 0.25) is 10.0 Å². The highest BCUT2D eigenvalue weighted by atomic mass is 32.2. The molecule has 0 aliphatic carbocycles. The minimum Gasteiger partial charge on any atom is -0.496 e. The fourth-order valence-corrected chi connectivity index (χ4v) is 4.41. The molecule has 21 heavy (non-hydrogen) atoms. The van der Waals surface area contributed by atoms with E-state index < -0.39 is 10.0 Å². The number of ether oxygens (including phenoxy) is 1. The van der Waals surface area contributed by atoms with Crippen molar-refractivity contribution < 1.29 is 13.2 Å². The van der Waals surface area contributed by atoms with Crippen molar-refractivity contribution in [2.75, 3.05) is 27.2 Å². The smallest absolute Gasteiger partial charge is 0.243 e. The molecule has 1 aliphatic rings. The Balaban J connectivity index is 2.33. The molecule has 0 saturated carbocycles. The van der Waals surface area contributed by atoms with E-state index in [0.717, 1.165) is 18.4 Å². The van der Waals surface area contributed by atoms with Gasteiger partial charge in [0, 0.05) is 25.2 Å². The molecule has 0 amide bonds. The first kappa shape index (κ1) is 16.3. The minimum atomic E-state index is -3.41. The molecule has 0 spiro atoms. The molecule has 118 valence electrons. The zero-order valence-corrected chi connectivity index (χ0v) is 13.7. The van der Waals surface area contributed by atoms with Crippen LogP contribution in [0.1, 0.15) is 25.3 Å². The number of nitrogens with one attached hydrogen (secondary N) is 1. The third kappa shape index (κ3) is 3.56. The van der Waals surface area contributed by atoms with Crippen LogP contribution in [0.3, 0.4) is 0 Å². The number of hydrogen-bond acceptors (Lipinski definition) is 4. The number of rotatable bonds is 5. The third-order valence-electron chi connectivity index (χ3n) is 3.88. The van der Waals surface area contributed by atoms with Crippen molar-refractivity contribution in [3.05, 3.63) is 23.8 Å². The van der Waals surface area contributed by atoms with Gasteiger partial charge in [0.05, 0.1) is 12.0 Å². The van der Waals surface area contributed by atoms with E-state index in [1.165, 1.54) is 0 Å². The highest BCUT2D eigenvalue weighted by Crippen LogP contribution is 2.27. The van der Waals surface area contributed by atoms with E-state index in [1.54, 1.807) is 29.6 Å². The van der Waals surface area contributed by atoms with Crippen LogP contribution in [0.5, 0.6) is 5.75 Å². The second-order valence-corrected chi connectivity index (χ2v) is 7.55. The van der Waals surface area contributed by atoms with Crippen LogP contribution in [0.2, 0.25) is 0 Å². The molecule has 1 aromatic rings. The predicted molar refractivity (Wildman–Crippen MR) is 82.9 cm³/mol. The van der Waals surface area contributed by atoms with Crippen molar-refractivity contribution in [2.45, 2.75) is 31.2 Å². The zero-order valence-electron chi connectivity index (χ0n) is 12.9. The standard InChI is InChI=1S/C15H24N2O3S/c1-12-5-4-8-17(11-12)21(18,19)14-6-7-15(20-3)13(9-14)10-16-2/h6-7,9,12,16H,4-5,8,10-11H2,1-3H3. The molecule has 1 aliphatic heterocycles. The molecular weight excluding hydrogens is 288 g/mol. The molecule has 1 N–H and O–H groups in total. The first-order valence-electron chi connectivity index (χ1n) is 7.30. The van der Waals surface area contributed by atoms with E-state index in [0.29, 0.717) is 36.2 Å². The van der Waals surface area contributed by atoms with Crippen LogP contribution in [0.15, 0.2) is 23.1 Å². The minimum absolute atomic E-state index is 0.350. The molecule has 1 atom stereocenters. The van der Waals surface area contributed by atoms with Gasteiger partial charge in [-0.2, -0.15) is 4.31 Å². The SMILES string of the molecule is CNCc1cc(S(=O)(=O)N2CCCC(C)C2)ccc1OC. The topological polar surface area (TPSA) is 58.6 Å². The van der Waals surface area contributed by atoms with Crippen molar-refractivity contribution in [1.29, 1.82) is 0 Å². The Kier molecular flexibility index (Phi) is 5.24. The fraction of sp³-hybridized carbons (Fsp3) is 0.600. The van der Waals surface area contributed by atoms with E-state index in [-0.39, 0.29) is 0 Å². The molecular formula is C15H24N2O3S. The summed E-state index contributed by atoms with van der Waals surface area (Å²) in [7, 11) is 0.00782. The molecule has 1 heterocycles. The maximum atomic E-state index is 12.8. The molecule has 6 heteroatoms. The maximum Gasteiger partial charge on any atom is 0.243 e. The van der Waals surface area contributed by atoms with E-state index in [1.807, 2.05) is 7.05 Å². The predicted octanol–water partition coefficient (Wildman–Crippen LogP) is 1.84. The number of hydrogen-bond donors (Lipinski definition) is 1. The average Bonchev–Trinajstić information content (AvgIpc) is 2.47. The lowest BCUT2D eigenvalue weighted by Crippen LogP contribution is -2.39. The number of sulfonamides is 1. The molecule has 1 unspecified atom stereocenters.